The summed E-state index contributed by atoms with van der Waals surface area (Å²) in [5.41, 5.74) is 2.67. The fraction of sp³-hybridized carbons (Fsp3) is 0.261. The molecule has 0 saturated heterocycles. The molecule has 0 saturated carbocycles. The van der Waals surface area contributed by atoms with Crippen LogP contribution in [0.1, 0.15) is 25.5 Å². The Balaban J connectivity index is 1.87. The zero-order chi connectivity index (χ0) is 22.8. The van der Waals surface area contributed by atoms with E-state index in [2.05, 4.69) is 10.3 Å². The first-order valence-electron chi connectivity index (χ1n) is 10.1. The number of nitrogens with zero attached hydrogens (tertiary/aromatic N) is 3. The van der Waals surface area contributed by atoms with Gasteiger partial charge in [-0.3, -0.25) is 0 Å². The summed E-state index contributed by atoms with van der Waals surface area (Å²) < 4.78 is 17.9. The number of benzene rings is 2. The van der Waals surface area contributed by atoms with Crippen molar-refractivity contribution in [1.82, 2.24) is 14.8 Å². The summed E-state index contributed by atoms with van der Waals surface area (Å²) in [6, 6.07) is 12.2. The van der Waals surface area contributed by atoms with E-state index in [1.165, 1.54) is 0 Å². The lowest BCUT2D eigenvalue weighted by atomic mass is 9.95. The third-order valence-electron chi connectivity index (χ3n) is 5.17. The second kappa shape index (κ2) is 8.92. The lowest BCUT2D eigenvalue weighted by Crippen LogP contribution is -2.29. The van der Waals surface area contributed by atoms with Crippen molar-refractivity contribution < 1.29 is 19.0 Å². The molecule has 2 aromatic carbocycles. The predicted octanol–water partition coefficient (Wildman–Crippen LogP) is 4.47. The molecule has 0 radical (unpaired) electrons. The molecule has 8 nitrogen and oxygen atoms in total. The Kier molecular flexibility index (Phi) is 6.05. The quantitative estimate of drug-likeness (QED) is 0.550. The highest BCUT2D eigenvalue weighted by Gasteiger charge is 2.35. The van der Waals surface area contributed by atoms with Crippen molar-refractivity contribution in [2.75, 3.05) is 26.1 Å². The molecule has 1 aromatic heterocycles. The summed E-state index contributed by atoms with van der Waals surface area (Å²) in [6.45, 7) is 3.85. The minimum atomic E-state index is -0.571. The number of fused-ring (bicyclic) bond motifs is 1. The number of ether oxygens (including phenoxy) is 3. The maximum Gasteiger partial charge on any atom is 0.338 e. The van der Waals surface area contributed by atoms with E-state index in [0.717, 1.165) is 11.1 Å². The van der Waals surface area contributed by atoms with Gasteiger partial charge in [-0.2, -0.15) is 4.98 Å². The molecule has 0 spiro atoms. The molecule has 2 heterocycles. The van der Waals surface area contributed by atoms with E-state index >= 15 is 0 Å². The minimum Gasteiger partial charge on any atom is -0.493 e. The van der Waals surface area contributed by atoms with Gasteiger partial charge in [-0.1, -0.05) is 17.7 Å². The van der Waals surface area contributed by atoms with E-state index in [0.29, 0.717) is 39.6 Å². The summed E-state index contributed by atoms with van der Waals surface area (Å²) in [4.78, 5) is 17.6. The van der Waals surface area contributed by atoms with Crippen molar-refractivity contribution in [3.8, 4) is 22.9 Å². The van der Waals surface area contributed by atoms with Crippen LogP contribution in [0, 0.1) is 0 Å². The van der Waals surface area contributed by atoms with Gasteiger partial charge in [0.2, 0.25) is 5.95 Å². The van der Waals surface area contributed by atoms with Gasteiger partial charge >= 0.3 is 5.97 Å². The van der Waals surface area contributed by atoms with Gasteiger partial charge in [0, 0.05) is 16.3 Å². The van der Waals surface area contributed by atoms with Gasteiger partial charge in [0.15, 0.2) is 17.3 Å². The first-order valence-corrected chi connectivity index (χ1v) is 10.4. The highest BCUT2D eigenvalue weighted by molar-refractivity contribution is 6.30. The number of esters is 1. The fourth-order valence-electron chi connectivity index (χ4n) is 3.68. The minimum absolute atomic E-state index is 0.258. The molecule has 0 aliphatic carbocycles. The number of allylic oxidation sites excluding steroid dienone is 1. The molecular formula is C23H23ClN4O4. The number of methoxy groups -OCH3 is 2. The third kappa shape index (κ3) is 3.89. The number of anilines is 1. The van der Waals surface area contributed by atoms with Gasteiger partial charge < -0.3 is 19.5 Å². The van der Waals surface area contributed by atoms with Gasteiger partial charge in [0.25, 0.3) is 0 Å². The van der Waals surface area contributed by atoms with E-state index in [-0.39, 0.29) is 6.61 Å². The maximum absolute atomic E-state index is 12.9. The van der Waals surface area contributed by atoms with Crippen LogP contribution in [0.25, 0.3) is 11.4 Å². The number of hydrogen-bond acceptors (Lipinski definition) is 7. The molecule has 0 fully saturated rings. The summed E-state index contributed by atoms with van der Waals surface area (Å²) in [7, 11) is 3.14. The molecule has 4 rings (SSSR count). The molecular weight excluding hydrogens is 432 g/mol. The van der Waals surface area contributed by atoms with E-state index in [4.69, 9.17) is 30.9 Å². The van der Waals surface area contributed by atoms with Crippen molar-refractivity contribution in [1.29, 1.82) is 0 Å². The summed E-state index contributed by atoms with van der Waals surface area (Å²) in [5.74, 6) is 1.73. The van der Waals surface area contributed by atoms with Crippen LogP contribution in [0.4, 0.5) is 5.95 Å². The number of rotatable bonds is 6. The van der Waals surface area contributed by atoms with Crippen molar-refractivity contribution in [3.63, 3.8) is 0 Å². The van der Waals surface area contributed by atoms with Crippen LogP contribution in [0.2, 0.25) is 5.02 Å². The molecule has 9 heteroatoms. The van der Waals surface area contributed by atoms with Crippen molar-refractivity contribution in [2.24, 2.45) is 0 Å². The Labute approximate surface area is 190 Å². The first kappa shape index (κ1) is 21.7. The van der Waals surface area contributed by atoms with Crippen LogP contribution >= 0.6 is 11.6 Å². The maximum atomic E-state index is 12.9. The summed E-state index contributed by atoms with van der Waals surface area (Å²) >= 11 is 6.02. The topological polar surface area (TPSA) is 87.5 Å². The van der Waals surface area contributed by atoms with Gasteiger partial charge in [0.05, 0.1) is 26.4 Å². The SMILES string of the molecule is CCOC(=O)C1=C(C)Nc2nc(-c3ccc(Cl)cc3)nn2C1c1ccc(OC)c(OC)c1. The molecule has 3 aromatic rings. The van der Waals surface area contributed by atoms with Crippen LogP contribution in [0.5, 0.6) is 11.5 Å². The largest absolute Gasteiger partial charge is 0.493 e. The summed E-state index contributed by atoms with van der Waals surface area (Å²) in [5, 5.41) is 8.53. The third-order valence-corrected chi connectivity index (χ3v) is 5.43. The average molecular weight is 455 g/mol. The molecule has 0 bridgehead atoms. The molecule has 1 aliphatic rings. The smallest absolute Gasteiger partial charge is 0.338 e. The standard InChI is InChI=1S/C23H23ClN4O4/c1-5-32-22(29)19-13(2)25-23-26-21(14-6-9-16(24)10-7-14)27-28(23)20(19)15-8-11-17(30-3)18(12-15)31-4/h6-12,20H,5H2,1-4H3,(H,25,26,27). The monoisotopic (exact) mass is 454 g/mol. The normalized spacial score (nSPS) is 15.1. The zero-order valence-electron chi connectivity index (χ0n) is 18.2. The predicted molar refractivity (Wildman–Crippen MR) is 121 cm³/mol. The molecule has 166 valence electrons. The van der Waals surface area contributed by atoms with E-state index < -0.39 is 12.0 Å². The summed E-state index contributed by atoms with van der Waals surface area (Å²) in [6.07, 6.45) is 0. The zero-order valence-corrected chi connectivity index (χ0v) is 18.9. The lowest BCUT2D eigenvalue weighted by Gasteiger charge is -2.28. The van der Waals surface area contributed by atoms with Crippen molar-refractivity contribution in [2.45, 2.75) is 19.9 Å². The lowest BCUT2D eigenvalue weighted by molar-refractivity contribution is -0.139. The Morgan fingerprint density at radius 1 is 1.12 bits per heavy atom. The second-order valence-electron chi connectivity index (χ2n) is 7.11. The number of aromatic nitrogens is 3. The molecule has 1 N–H and O–H groups in total. The molecule has 1 aliphatic heterocycles. The van der Waals surface area contributed by atoms with Crippen LogP contribution < -0.4 is 14.8 Å². The van der Waals surface area contributed by atoms with E-state index in [1.54, 1.807) is 44.0 Å². The fourth-order valence-corrected chi connectivity index (χ4v) is 3.80. The van der Waals surface area contributed by atoms with Crippen LogP contribution in [0.3, 0.4) is 0 Å². The highest BCUT2D eigenvalue weighted by Crippen LogP contribution is 2.39. The molecule has 0 amide bonds. The number of hydrogen-bond donors (Lipinski definition) is 1. The average Bonchev–Trinajstić information content (AvgIpc) is 3.21. The van der Waals surface area contributed by atoms with Crippen molar-refractivity contribution >= 4 is 23.5 Å². The number of halogens is 1. The van der Waals surface area contributed by atoms with Gasteiger partial charge in [-0.05, 0) is 55.8 Å². The molecule has 32 heavy (non-hydrogen) atoms. The van der Waals surface area contributed by atoms with Crippen LogP contribution in [0.15, 0.2) is 53.7 Å². The Morgan fingerprint density at radius 2 is 1.84 bits per heavy atom. The number of nitrogens with one attached hydrogen (secondary N) is 1. The van der Waals surface area contributed by atoms with E-state index in [1.807, 2.05) is 31.2 Å². The highest BCUT2D eigenvalue weighted by atomic mass is 35.5. The Bertz CT molecular complexity index is 1190. The molecule has 1 unspecified atom stereocenters. The Hall–Kier alpha value is -3.52. The van der Waals surface area contributed by atoms with Gasteiger partial charge in [-0.15, -0.1) is 5.10 Å². The van der Waals surface area contributed by atoms with Crippen LogP contribution in [-0.4, -0.2) is 41.6 Å². The second-order valence-corrected chi connectivity index (χ2v) is 7.55. The van der Waals surface area contributed by atoms with Crippen molar-refractivity contribution in [3.05, 3.63) is 64.3 Å². The van der Waals surface area contributed by atoms with Gasteiger partial charge in [-0.25, -0.2) is 9.48 Å². The number of carbonyl (C=O) groups is 1. The molecule has 1 atom stereocenters. The van der Waals surface area contributed by atoms with Crippen LogP contribution in [-0.2, 0) is 9.53 Å². The first-order chi connectivity index (χ1) is 15.5. The number of carbonyl (C=O) groups excluding carboxylic acids is 1. The van der Waals surface area contributed by atoms with E-state index in [9.17, 15) is 4.79 Å². The van der Waals surface area contributed by atoms with Gasteiger partial charge in [0.1, 0.15) is 6.04 Å². The Morgan fingerprint density at radius 3 is 2.50 bits per heavy atom.